The Morgan fingerprint density at radius 2 is 2.20 bits per heavy atom. The summed E-state index contributed by atoms with van der Waals surface area (Å²) in [6.45, 7) is 0. The quantitative estimate of drug-likeness (QED) is 0.793. The number of hydrogen-bond acceptors (Lipinski definition) is 4. The predicted octanol–water partition coefficient (Wildman–Crippen LogP) is 1.62. The van der Waals surface area contributed by atoms with Gasteiger partial charge in [-0.2, -0.15) is 8.42 Å². The van der Waals surface area contributed by atoms with E-state index in [1.807, 2.05) is 0 Å². The normalized spacial score (nSPS) is 11.3. The molecule has 0 bridgehead atoms. The van der Waals surface area contributed by atoms with Gasteiger partial charge in [-0.15, -0.1) is 0 Å². The van der Waals surface area contributed by atoms with E-state index in [-0.39, 0.29) is 10.0 Å². The first-order chi connectivity index (χ1) is 9.29. The molecule has 6 nitrogen and oxygen atoms in total. The summed E-state index contributed by atoms with van der Waals surface area (Å²) in [7, 11) is -2.03. The molecule has 106 valence electrons. The Labute approximate surface area is 130 Å². The van der Waals surface area contributed by atoms with E-state index >= 15 is 0 Å². The smallest absolute Gasteiger partial charge is 0.280 e. The third-order valence-electron chi connectivity index (χ3n) is 2.45. The number of anilines is 1. The molecule has 0 fully saturated rings. The van der Waals surface area contributed by atoms with Crippen molar-refractivity contribution in [2.75, 3.05) is 4.72 Å². The van der Waals surface area contributed by atoms with Gasteiger partial charge in [-0.1, -0.05) is 12.2 Å². The van der Waals surface area contributed by atoms with Gasteiger partial charge in [0, 0.05) is 23.3 Å². The van der Waals surface area contributed by atoms with Gasteiger partial charge in [-0.3, -0.25) is 4.72 Å². The summed E-state index contributed by atoms with van der Waals surface area (Å²) in [6.07, 6.45) is 2.83. The highest BCUT2D eigenvalue weighted by Crippen LogP contribution is 2.25. The summed E-state index contributed by atoms with van der Waals surface area (Å²) in [5.41, 5.74) is 6.54. The highest BCUT2D eigenvalue weighted by atomic mass is 79.9. The molecule has 2 rings (SSSR count). The fourth-order valence-corrected chi connectivity index (χ4v) is 3.27. The van der Waals surface area contributed by atoms with Gasteiger partial charge in [-0.05, 0) is 34.1 Å². The van der Waals surface area contributed by atoms with Crippen LogP contribution < -0.4 is 10.5 Å². The lowest BCUT2D eigenvalue weighted by molar-refractivity contribution is 0.598. The second-order valence-corrected chi connectivity index (χ2v) is 6.97. The van der Waals surface area contributed by atoms with Crippen molar-refractivity contribution >= 4 is 48.8 Å². The Morgan fingerprint density at radius 1 is 1.50 bits per heavy atom. The fourth-order valence-electron chi connectivity index (χ4n) is 1.48. The Hall–Kier alpha value is -1.45. The topological polar surface area (TPSA) is 90.0 Å². The van der Waals surface area contributed by atoms with Gasteiger partial charge in [0.2, 0.25) is 0 Å². The van der Waals surface area contributed by atoms with E-state index in [2.05, 4.69) is 25.6 Å². The maximum Gasteiger partial charge on any atom is 0.280 e. The Bertz CT molecular complexity index is 770. The molecule has 0 saturated heterocycles. The Kier molecular flexibility index (Phi) is 4.11. The minimum absolute atomic E-state index is 0.0506. The zero-order valence-electron chi connectivity index (χ0n) is 10.4. The van der Waals surface area contributed by atoms with Crippen LogP contribution in [0.15, 0.2) is 40.2 Å². The highest BCUT2D eigenvalue weighted by molar-refractivity contribution is 9.10. The number of aromatic nitrogens is 2. The van der Waals surface area contributed by atoms with Crippen molar-refractivity contribution in [3.05, 3.63) is 40.8 Å². The van der Waals surface area contributed by atoms with Crippen LogP contribution in [-0.2, 0) is 17.1 Å². The number of rotatable bonds is 4. The zero-order valence-corrected chi connectivity index (χ0v) is 13.6. The molecule has 9 heteroatoms. The molecule has 1 aromatic heterocycles. The minimum atomic E-state index is -3.72. The SMILES string of the molecule is Cn1cnc(S(=O)(=O)Nc2ccc(C(N)=S)cc2Br)c1. The van der Waals surface area contributed by atoms with E-state index in [1.54, 1.807) is 29.8 Å². The van der Waals surface area contributed by atoms with Gasteiger partial charge < -0.3 is 10.3 Å². The van der Waals surface area contributed by atoms with E-state index in [4.69, 9.17) is 18.0 Å². The van der Waals surface area contributed by atoms with Crippen LogP contribution in [0.3, 0.4) is 0 Å². The average Bonchev–Trinajstić information content (AvgIpc) is 2.79. The molecular weight excluding hydrogens is 364 g/mol. The first-order valence-corrected chi connectivity index (χ1v) is 8.08. The number of sulfonamides is 1. The van der Waals surface area contributed by atoms with Gasteiger partial charge in [0.1, 0.15) is 4.99 Å². The van der Waals surface area contributed by atoms with Crippen molar-refractivity contribution in [3.8, 4) is 0 Å². The van der Waals surface area contributed by atoms with Gasteiger partial charge in [0.05, 0.1) is 12.0 Å². The predicted molar refractivity (Wildman–Crippen MR) is 84.0 cm³/mol. The molecule has 0 saturated carbocycles. The number of nitrogens with zero attached hydrogens (tertiary/aromatic N) is 2. The highest BCUT2D eigenvalue weighted by Gasteiger charge is 2.18. The van der Waals surface area contributed by atoms with Crippen molar-refractivity contribution < 1.29 is 8.42 Å². The summed E-state index contributed by atoms with van der Waals surface area (Å²) in [5.74, 6) is 0. The summed E-state index contributed by atoms with van der Waals surface area (Å²) in [5, 5.41) is -0.0506. The number of halogens is 1. The number of hydrogen-bond donors (Lipinski definition) is 2. The number of aryl methyl sites for hydroxylation is 1. The molecule has 0 spiro atoms. The van der Waals surface area contributed by atoms with E-state index in [1.165, 1.54) is 12.5 Å². The Morgan fingerprint density at radius 3 is 2.70 bits per heavy atom. The van der Waals surface area contributed by atoms with Crippen LogP contribution in [0, 0.1) is 0 Å². The second kappa shape index (κ2) is 5.51. The number of nitrogens with one attached hydrogen (secondary N) is 1. The van der Waals surface area contributed by atoms with Crippen LogP contribution in [-0.4, -0.2) is 23.0 Å². The van der Waals surface area contributed by atoms with Gasteiger partial charge in [0.15, 0.2) is 5.03 Å². The standard InChI is InChI=1S/C11H11BrN4O2S2/c1-16-5-10(14-6-16)20(17,18)15-9-3-2-7(11(13)19)4-8(9)12/h2-6,15H,1H3,(H2,13,19). The van der Waals surface area contributed by atoms with Crippen molar-refractivity contribution in [3.63, 3.8) is 0 Å². The third-order valence-corrected chi connectivity index (χ3v) is 4.60. The van der Waals surface area contributed by atoms with Crippen LogP contribution in [0.1, 0.15) is 5.56 Å². The monoisotopic (exact) mass is 374 g/mol. The lowest BCUT2D eigenvalue weighted by atomic mass is 10.2. The number of nitrogens with two attached hydrogens (primary N) is 1. The van der Waals surface area contributed by atoms with E-state index < -0.39 is 10.0 Å². The maximum absolute atomic E-state index is 12.1. The van der Waals surface area contributed by atoms with E-state index in [0.29, 0.717) is 15.7 Å². The van der Waals surface area contributed by atoms with Gasteiger partial charge >= 0.3 is 0 Å². The lowest BCUT2D eigenvalue weighted by Crippen LogP contribution is -2.14. The molecule has 2 aromatic rings. The van der Waals surface area contributed by atoms with Crippen LogP contribution in [0.5, 0.6) is 0 Å². The minimum Gasteiger partial charge on any atom is -0.389 e. The maximum atomic E-state index is 12.1. The van der Waals surface area contributed by atoms with Crippen LogP contribution in [0.2, 0.25) is 0 Å². The molecule has 0 atom stereocenters. The van der Waals surface area contributed by atoms with Crippen LogP contribution >= 0.6 is 28.1 Å². The van der Waals surface area contributed by atoms with Crippen molar-refractivity contribution in [1.29, 1.82) is 0 Å². The molecule has 0 aliphatic carbocycles. The van der Waals surface area contributed by atoms with E-state index in [0.717, 1.165) is 0 Å². The molecule has 20 heavy (non-hydrogen) atoms. The number of imidazole rings is 1. The molecule has 0 amide bonds. The van der Waals surface area contributed by atoms with Gasteiger partial charge in [-0.25, -0.2) is 4.98 Å². The van der Waals surface area contributed by atoms with Crippen LogP contribution in [0.4, 0.5) is 5.69 Å². The molecular formula is C11H11BrN4O2S2. The fraction of sp³-hybridized carbons (Fsp3) is 0.0909. The summed E-state index contributed by atoms with van der Waals surface area (Å²) in [4.78, 5) is 4.06. The summed E-state index contributed by atoms with van der Waals surface area (Å²) >= 11 is 8.14. The average molecular weight is 375 g/mol. The molecule has 0 aliphatic rings. The van der Waals surface area contributed by atoms with Crippen LogP contribution in [0.25, 0.3) is 0 Å². The third kappa shape index (κ3) is 3.17. The molecule has 1 heterocycles. The van der Waals surface area contributed by atoms with Crippen molar-refractivity contribution in [1.82, 2.24) is 9.55 Å². The Balaban J connectivity index is 2.32. The summed E-state index contributed by atoms with van der Waals surface area (Å²) in [6, 6.07) is 4.88. The first kappa shape index (κ1) is 14.9. The number of benzene rings is 1. The first-order valence-electron chi connectivity index (χ1n) is 5.40. The summed E-state index contributed by atoms with van der Waals surface area (Å²) < 4.78 is 28.8. The largest absolute Gasteiger partial charge is 0.389 e. The zero-order chi connectivity index (χ0) is 14.9. The lowest BCUT2D eigenvalue weighted by Gasteiger charge is -2.09. The molecule has 0 radical (unpaired) electrons. The van der Waals surface area contributed by atoms with Crippen molar-refractivity contribution in [2.45, 2.75) is 5.03 Å². The van der Waals surface area contributed by atoms with Crippen molar-refractivity contribution in [2.24, 2.45) is 12.8 Å². The van der Waals surface area contributed by atoms with Gasteiger partial charge in [0.25, 0.3) is 10.0 Å². The molecule has 0 aliphatic heterocycles. The molecule has 0 unspecified atom stereocenters. The van der Waals surface area contributed by atoms with E-state index in [9.17, 15) is 8.42 Å². The molecule has 3 N–H and O–H groups in total. The number of thiocarbonyl (C=S) groups is 1. The second-order valence-electron chi connectivity index (χ2n) is 4.04. The molecule has 1 aromatic carbocycles.